The number of hydrogen-bond donors (Lipinski definition) is 1. The zero-order chi connectivity index (χ0) is 12.9. The molecule has 0 aromatic heterocycles. The van der Waals surface area contributed by atoms with E-state index in [0.717, 1.165) is 12.0 Å². The average Bonchev–Trinajstić information content (AvgIpc) is 2.31. The molecule has 0 aliphatic carbocycles. The first-order valence-electron chi connectivity index (χ1n) is 7.95. The summed E-state index contributed by atoms with van der Waals surface area (Å²) in [4.78, 5) is 0. The molecule has 0 aromatic carbocycles. The maximum Gasteiger partial charge on any atom is 0.00900 e. The first-order valence-corrected chi connectivity index (χ1v) is 7.95. The van der Waals surface area contributed by atoms with Crippen molar-refractivity contribution in [2.24, 2.45) is 5.92 Å². The smallest absolute Gasteiger partial charge is 0.00900 e. The topological polar surface area (TPSA) is 12.0 Å². The van der Waals surface area contributed by atoms with Crippen molar-refractivity contribution in [3.05, 3.63) is 0 Å². The minimum absolute atomic E-state index is 0.743. The van der Waals surface area contributed by atoms with Crippen LogP contribution in [0.25, 0.3) is 0 Å². The molecule has 0 saturated carbocycles. The molecule has 104 valence electrons. The van der Waals surface area contributed by atoms with Crippen LogP contribution in [0.3, 0.4) is 0 Å². The Morgan fingerprint density at radius 2 is 1.35 bits per heavy atom. The van der Waals surface area contributed by atoms with Gasteiger partial charge in [-0.25, -0.2) is 0 Å². The van der Waals surface area contributed by atoms with Crippen LogP contribution in [0.4, 0.5) is 0 Å². The third-order valence-electron chi connectivity index (χ3n) is 3.61. The fourth-order valence-corrected chi connectivity index (χ4v) is 2.28. The Kier molecular flexibility index (Phi) is 12.4. The lowest BCUT2D eigenvalue weighted by Gasteiger charge is -2.22. The van der Waals surface area contributed by atoms with Crippen molar-refractivity contribution in [3.63, 3.8) is 0 Å². The van der Waals surface area contributed by atoms with E-state index < -0.39 is 0 Å². The molecular weight excluding hydrogens is 206 g/mol. The Hall–Kier alpha value is -0.0400. The van der Waals surface area contributed by atoms with Crippen LogP contribution >= 0.6 is 0 Å². The molecular formula is C16H35N. The highest BCUT2D eigenvalue weighted by atomic mass is 14.9. The summed E-state index contributed by atoms with van der Waals surface area (Å²) in [6.45, 7) is 10.4. The Labute approximate surface area is 110 Å². The van der Waals surface area contributed by atoms with E-state index in [-0.39, 0.29) is 0 Å². The molecule has 0 heterocycles. The van der Waals surface area contributed by atoms with E-state index in [1.807, 2.05) is 0 Å². The van der Waals surface area contributed by atoms with Crippen LogP contribution in [0.2, 0.25) is 0 Å². The van der Waals surface area contributed by atoms with E-state index in [0.29, 0.717) is 0 Å². The molecule has 0 aliphatic heterocycles. The lowest BCUT2D eigenvalue weighted by atomic mass is 9.97. The Morgan fingerprint density at radius 1 is 0.765 bits per heavy atom. The van der Waals surface area contributed by atoms with Crippen molar-refractivity contribution in [3.8, 4) is 0 Å². The van der Waals surface area contributed by atoms with Crippen molar-refractivity contribution < 1.29 is 0 Å². The molecule has 1 N–H and O–H groups in total. The van der Waals surface area contributed by atoms with Crippen LogP contribution in [-0.4, -0.2) is 12.6 Å². The number of rotatable bonds is 12. The quantitative estimate of drug-likeness (QED) is 0.466. The Morgan fingerprint density at radius 3 is 1.94 bits per heavy atom. The largest absolute Gasteiger partial charge is 0.314 e. The van der Waals surface area contributed by atoms with E-state index >= 15 is 0 Å². The predicted molar refractivity (Wildman–Crippen MR) is 79.5 cm³/mol. The molecule has 0 fully saturated rings. The second-order valence-corrected chi connectivity index (χ2v) is 5.71. The molecule has 0 amide bonds. The predicted octanol–water partition coefficient (Wildman–Crippen LogP) is 5.15. The van der Waals surface area contributed by atoms with Gasteiger partial charge < -0.3 is 5.32 Å². The van der Waals surface area contributed by atoms with Gasteiger partial charge in [0.2, 0.25) is 0 Å². The normalized spacial score (nSPS) is 13.2. The summed E-state index contributed by atoms with van der Waals surface area (Å²) in [6.07, 6.45) is 12.5. The molecule has 0 radical (unpaired) electrons. The monoisotopic (exact) mass is 241 g/mol. The van der Waals surface area contributed by atoms with Gasteiger partial charge in [0, 0.05) is 6.04 Å². The van der Waals surface area contributed by atoms with Gasteiger partial charge in [-0.15, -0.1) is 0 Å². The van der Waals surface area contributed by atoms with Gasteiger partial charge in [0.05, 0.1) is 0 Å². The van der Waals surface area contributed by atoms with Gasteiger partial charge in [0.15, 0.2) is 0 Å². The maximum atomic E-state index is 3.72. The van der Waals surface area contributed by atoms with E-state index in [2.05, 4.69) is 33.0 Å². The fraction of sp³-hybridized carbons (Fsp3) is 1.00. The minimum atomic E-state index is 0.743. The van der Waals surface area contributed by atoms with Gasteiger partial charge in [-0.2, -0.15) is 0 Å². The molecule has 1 atom stereocenters. The van der Waals surface area contributed by atoms with Crippen LogP contribution in [0.5, 0.6) is 0 Å². The second-order valence-electron chi connectivity index (χ2n) is 5.71. The Balaban J connectivity index is 3.49. The van der Waals surface area contributed by atoms with Crippen LogP contribution in [0.15, 0.2) is 0 Å². The third kappa shape index (κ3) is 10.8. The summed E-state index contributed by atoms with van der Waals surface area (Å²) in [7, 11) is 0. The van der Waals surface area contributed by atoms with Gasteiger partial charge in [-0.1, -0.05) is 72.6 Å². The molecule has 1 nitrogen and oxygen atoms in total. The van der Waals surface area contributed by atoms with Gasteiger partial charge >= 0.3 is 0 Å². The Bertz CT molecular complexity index is 142. The summed E-state index contributed by atoms with van der Waals surface area (Å²) in [5.74, 6) is 0.780. The van der Waals surface area contributed by atoms with E-state index in [4.69, 9.17) is 0 Å². The van der Waals surface area contributed by atoms with Gasteiger partial charge in [-0.3, -0.25) is 0 Å². The van der Waals surface area contributed by atoms with Crippen molar-refractivity contribution >= 4 is 0 Å². The molecule has 1 unspecified atom stereocenters. The van der Waals surface area contributed by atoms with E-state index in [1.54, 1.807) is 0 Å². The van der Waals surface area contributed by atoms with Crippen LogP contribution < -0.4 is 5.32 Å². The van der Waals surface area contributed by atoms with Crippen molar-refractivity contribution in [1.82, 2.24) is 5.32 Å². The molecule has 0 bridgehead atoms. The average molecular weight is 241 g/mol. The van der Waals surface area contributed by atoms with Crippen LogP contribution in [-0.2, 0) is 0 Å². The van der Waals surface area contributed by atoms with Crippen molar-refractivity contribution in [2.75, 3.05) is 6.54 Å². The zero-order valence-electron chi connectivity index (χ0n) is 12.7. The number of nitrogens with one attached hydrogen (secondary N) is 1. The van der Waals surface area contributed by atoms with Crippen molar-refractivity contribution in [2.45, 2.75) is 91.5 Å². The SMILES string of the molecule is CCCCCCCCC(NCCCC)C(C)C. The van der Waals surface area contributed by atoms with E-state index in [9.17, 15) is 0 Å². The summed E-state index contributed by atoms with van der Waals surface area (Å²) >= 11 is 0. The van der Waals surface area contributed by atoms with Gasteiger partial charge in [0.1, 0.15) is 0 Å². The van der Waals surface area contributed by atoms with E-state index in [1.165, 1.54) is 64.3 Å². The number of hydrogen-bond acceptors (Lipinski definition) is 1. The minimum Gasteiger partial charge on any atom is -0.314 e. The maximum absolute atomic E-state index is 3.72. The summed E-state index contributed by atoms with van der Waals surface area (Å²) < 4.78 is 0. The molecule has 0 aromatic rings. The highest BCUT2D eigenvalue weighted by Gasteiger charge is 2.11. The molecule has 0 rings (SSSR count). The molecule has 0 spiro atoms. The van der Waals surface area contributed by atoms with Crippen LogP contribution in [0.1, 0.15) is 85.5 Å². The van der Waals surface area contributed by atoms with Gasteiger partial charge in [0.25, 0.3) is 0 Å². The molecule has 1 heteroatoms. The standard InChI is InChI=1S/C16H35N/c1-5-7-9-10-11-12-13-16(15(3)4)17-14-8-6-2/h15-17H,5-14H2,1-4H3. The summed E-state index contributed by atoms with van der Waals surface area (Å²) in [6, 6.07) is 0.743. The lowest BCUT2D eigenvalue weighted by Crippen LogP contribution is -2.34. The first-order chi connectivity index (χ1) is 8.22. The zero-order valence-corrected chi connectivity index (χ0v) is 12.7. The van der Waals surface area contributed by atoms with Crippen LogP contribution in [0, 0.1) is 5.92 Å². The first kappa shape index (κ1) is 17.0. The molecule has 17 heavy (non-hydrogen) atoms. The molecule has 0 saturated heterocycles. The fourth-order valence-electron chi connectivity index (χ4n) is 2.28. The third-order valence-corrected chi connectivity index (χ3v) is 3.61. The lowest BCUT2D eigenvalue weighted by molar-refractivity contribution is 0.362. The highest BCUT2D eigenvalue weighted by Crippen LogP contribution is 2.13. The van der Waals surface area contributed by atoms with Crippen molar-refractivity contribution in [1.29, 1.82) is 0 Å². The second kappa shape index (κ2) is 12.4. The van der Waals surface area contributed by atoms with Gasteiger partial charge in [-0.05, 0) is 25.3 Å². The number of unbranched alkanes of at least 4 members (excludes halogenated alkanes) is 6. The summed E-state index contributed by atoms with van der Waals surface area (Å²) in [5.41, 5.74) is 0. The summed E-state index contributed by atoms with van der Waals surface area (Å²) in [5, 5.41) is 3.72. The highest BCUT2D eigenvalue weighted by molar-refractivity contribution is 4.70. The molecule has 0 aliphatic rings.